The Balaban J connectivity index is 1.61. The van der Waals surface area contributed by atoms with Crippen LogP contribution in [0.5, 0.6) is 0 Å². The molecular weight excluding hydrogens is 362 g/mol. The molecular formula is C21H32F2N4O. The van der Waals surface area contributed by atoms with E-state index in [0.29, 0.717) is 18.0 Å². The summed E-state index contributed by atoms with van der Waals surface area (Å²) in [5.74, 6) is -0.805. The number of nitrogens with zero attached hydrogens (tertiary/aromatic N) is 2. The minimum atomic E-state index is -0.437. The molecule has 2 N–H and O–H groups in total. The van der Waals surface area contributed by atoms with Gasteiger partial charge in [0.1, 0.15) is 11.6 Å². The minimum absolute atomic E-state index is 0.0391. The number of rotatable bonds is 7. The van der Waals surface area contributed by atoms with Crippen LogP contribution in [0.3, 0.4) is 0 Å². The molecule has 0 radical (unpaired) electrons. The summed E-state index contributed by atoms with van der Waals surface area (Å²) in [6.45, 7) is 6.50. The normalized spacial score (nSPS) is 24.6. The summed E-state index contributed by atoms with van der Waals surface area (Å²) >= 11 is 0. The number of piperidine rings is 1. The van der Waals surface area contributed by atoms with E-state index >= 15 is 0 Å². The summed E-state index contributed by atoms with van der Waals surface area (Å²) in [6.07, 6.45) is 3.99. The van der Waals surface area contributed by atoms with Gasteiger partial charge in [-0.25, -0.2) is 8.78 Å². The molecule has 1 amide bonds. The maximum absolute atomic E-state index is 13.9. The number of carbonyl (C=O) groups excluding carboxylic acids is 1. The lowest BCUT2D eigenvalue weighted by Gasteiger charge is -2.38. The van der Waals surface area contributed by atoms with Crippen molar-refractivity contribution in [2.24, 2.45) is 0 Å². The van der Waals surface area contributed by atoms with Crippen molar-refractivity contribution in [1.82, 2.24) is 20.4 Å². The number of halogens is 2. The molecule has 1 aromatic rings. The molecule has 0 unspecified atom stereocenters. The summed E-state index contributed by atoms with van der Waals surface area (Å²) in [7, 11) is 1.67. The number of nitrogens with one attached hydrogen (secondary N) is 2. The van der Waals surface area contributed by atoms with Crippen LogP contribution >= 0.6 is 0 Å². The minimum Gasteiger partial charge on any atom is -0.358 e. The zero-order valence-corrected chi connectivity index (χ0v) is 16.9. The van der Waals surface area contributed by atoms with E-state index in [1.54, 1.807) is 7.05 Å². The van der Waals surface area contributed by atoms with Gasteiger partial charge in [0.25, 0.3) is 0 Å². The van der Waals surface area contributed by atoms with Crippen LogP contribution in [0, 0.1) is 11.6 Å². The Bertz CT molecular complexity index is 664. The predicted molar refractivity (Wildman–Crippen MR) is 106 cm³/mol. The van der Waals surface area contributed by atoms with Gasteiger partial charge in [0.15, 0.2) is 0 Å². The first-order chi connectivity index (χ1) is 13.5. The first kappa shape index (κ1) is 21.1. The second kappa shape index (κ2) is 9.76. The van der Waals surface area contributed by atoms with Crippen LogP contribution in [0.2, 0.25) is 0 Å². The Morgan fingerprint density at radius 2 is 2.00 bits per heavy atom. The highest BCUT2D eigenvalue weighted by molar-refractivity contribution is 5.82. The Kier molecular flexibility index (Phi) is 7.37. The van der Waals surface area contributed by atoms with Crippen LogP contribution in [0.15, 0.2) is 18.2 Å². The number of amides is 1. The largest absolute Gasteiger partial charge is 0.358 e. The molecule has 0 aromatic heterocycles. The molecule has 156 valence electrons. The van der Waals surface area contributed by atoms with E-state index in [4.69, 9.17) is 0 Å². The lowest BCUT2D eigenvalue weighted by molar-refractivity contribution is -0.126. The first-order valence-corrected chi connectivity index (χ1v) is 10.4. The molecule has 2 aliphatic heterocycles. The third-order valence-corrected chi connectivity index (χ3v) is 6.04. The van der Waals surface area contributed by atoms with Crippen molar-refractivity contribution >= 4 is 5.91 Å². The molecule has 0 spiro atoms. The highest BCUT2D eigenvalue weighted by Crippen LogP contribution is 2.27. The highest BCUT2D eigenvalue weighted by atomic mass is 19.1. The van der Waals surface area contributed by atoms with Gasteiger partial charge in [-0.2, -0.15) is 0 Å². The average molecular weight is 395 g/mol. The third kappa shape index (κ3) is 5.07. The van der Waals surface area contributed by atoms with Crippen LogP contribution in [-0.4, -0.2) is 67.1 Å². The maximum Gasteiger partial charge on any atom is 0.237 e. The maximum atomic E-state index is 13.9. The molecule has 2 heterocycles. The molecule has 2 atom stereocenters. The van der Waals surface area contributed by atoms with Crippen LogP contribution in [0.25, 0.3) is 0 Å². The fourth-order valence-corrected chi connectivity index (χ4v) is 4.56. The fourth-order valence-electron chi connectivity index (χ4n) is 4.56. The van der Waals surface area contributed by atoms with E-state index in [1.807, 2.05) is 0 Å². The van der Waals surface area contributed by atoms with Crippen molar-refractivity contribution in [3.05, 3.63) is 35.4 Å². The lowest BCUT2D eigenvalue weighted by Crippen LogP contribution is -2.51. The second-order valence-corrected chi connectivity index (χ2v) is 7.95. The molecule has 2 aliphatic rings. The van der Waals surface area contributed by atoms with Crippen LogP contribution < -0.4 is 10.6 Å². The summed E-state index contributed by atoms with van der Waals surface area (Å²) in [5, 5.41) is 6.12. The monoisotopic (exact) mass is 394 g/mol. The Labute approximate surface area is 166 Å². The SMILES string of the molecule is CCCN1CCC(N2C[C@H](NCc3cc(F)ccc3F)C[C@H]2C(=O)NC)CC1. The molecule has 1 aromatic carbocycles. The molecule has 5 nitrogen and oxygen atoms in total. The molecule has 2 fully saturated rings. The van der Waals surface area contributed by atoms with Crippen molar-refractivity contribution in [3.63, 3.8) is 0 Å². The van der Waals surface area contributed by atoms with Gasteiger partial charge in [0.05, 0.1) is 6.04 Å². The van der Waals surface area contributed by atoms with Crippen molar-refractivity contribution < 1.29 is 13.6 Å². The lowest BCUT2D eigenvalue weighted by atomic mass is 10.0. The predicted octanol–water partition coefficient (Wildman–Crippen LogP) is 2.12. The van der Waals surface area contributed by atoms with Gasteiger partial charge >= 0.3 is 0 Å². The topological polar surface area (TPSA) is 47.6 Å². The molecule has 2 saturated heterocycles. The molecule has 0 bridgehead atoms. The smallest absolute Gasteiger partial charge is 0.237 e. The highest BCUT2D eigenvalue weighted by Gasteiger charge is 2.40. The summed E-state index contributed by atoms with van der Waals surface area (Å²) in [4.78, 5) is 17.3. The van der Waals surface area contributed by atoms with E-state index in [-0.39, 0.29) is 24.5 Å². The quantitative estimate of drug-likeness (QED) is 0.744. The molecule has 28 heavy (non-hydrogen) atoms. The van der Waals surface area contributed by atoms with Crippen LogP contribution in [0.4, 0.5) is 8.78 Å². The molecule has 0 saturated carbocycles. The molecule has 3 rings (SSSR count). The van der Waals surface area contributed by atoms with Gasteiger partial charge in [-0.05, 0) is 63.5 Å². The first-order valence-electron chi connectivity index (χ1n) is 10.4. The zero-order chi connectivity index (χ0) is 20.1. The number of carbonyl (C=O) groups is 1. The zero-order valence-electron chi connectivity index (χ0n) is 16.9. The van der Waals surface area contributed by atoms with E-state index in [1.165, 1.54) is 6.07 Å². The third-order valence-electron chi connectivity index (χ3n) is 6.04. The number of benzene rings is 1. The Hall–Kier alpha value is -1.57. The van der Waals surface area contributed by atoms with Gasteiger partial charge in [0, 0.05) is 37.8 Å². The number of likely N-dealkylation sites (N-methyl/N-ethyl adjacent to an activating group) is 1. The second-order valence-electron chi connectivity index (χ2n) is 7.95. The van der Waals surface area contributed by atoms with Crippen LogP contribution in [-0.2, 0) is 11.3 Å². The van der Waals surface area contributed by atoms with Crippen LogP contribution in [0.1, 0.15) is 38.2 Å². The number of likely N-dealkylation sites (tertiary alicyclic amines) is 2. The molecule has 0 aliphatic carbocycles. The van der Waals surface area contributed by atoms with E-state index < -0.39 is 11.6 Å². The van der Waals surface area contributed by atoms with Gasteiger partial charge in [-0.15, -0.1) is 0 Å². The average Bonchev–Trinajstić information content (AvgIpc) is 3.13. The van der Waals surface area contributed by atoms with E-state index in [0.717, 1.165) is 57.6 Å². The van der Waals surface area contributed by atoms with Gasteiger partial charge in [0.2, 0.25) is 5.91 Å². The summed E-state index contributed by atoms with van der Waals surface area (Å²) in [6, 6.07) is 3.83. The van der Waals surface area contributed by atoms with E-state index in [2.05, 4.69) is 27.4 Å². The van der Waals surface area contributed by atoms with Gasteiger partial charge in [-0.1, -0.05) is 6.92 Å². The van der Waals surface area contributed by atoms with Crippen molar-refractivity contribution in [2.75, 3.05) is 33.2 Å². The Morgan fingerprint density at radius 3 is 2.68 bits per heavy atom. The molecule has 7 heteroatoms. The number of hydrogen-bond donors (Lipinski definition) is 2. The van der Waals surface area contributed by atoms with Gasteiger partial charge < -0.3 is 15.5 Å². The standard InChI is InChI=1S/C21H32F2N4O/c1-3-8-26-9-6-18(7-10-26)27-14-17(12-20(27)21(28)24-2)25-13-15-11-16(22)4-5-19(15)23/h4-5,11,17-18,20,25H,3,6-10,12-14H2,1-2H3,(H,24,28)/t17-,20+/m1/s1. The summed E-state index contributed by atoms with van der Waals surface area (Å²) < 4.78 is 27.3. The Morgan fingerprint density at radius 1 is 1.25 bits per heavy atom. The van der Waals surface area contributed by atoms with Gasteiger partial charge in [-0.3, -0.25) is 9.69 Å². The fraction of sp³-hybridized carbons (Fsp3) is 0.667. The van der Waals surface area contributed by atoms with Crippen molar-refractivity contribution in [2.45, 2.75) is 57.3 Å². The van der Waals surface area contributed by atoms with Crippen molar-refractivity contribution in [1.29, 1.82) is 0 Å². The number of hydrogen-bond acceptors (Lipinski definition) is 4. The van der Waals surface area contributed by atoms with Crippen molar-refractivity contribution in [3.8, 4) is 0 Å². The summed E-state index contributed by atoms with van der Waals surface area (Å²) in [5.41, 5.74) is 0.322. The van der Waals surface area contributed by atoms with E-state index in [9.17, 15) is 13.6 Å².